The third-order valence-electron chi connectivity index (χ3n) is 4.57. The maximum absolute atomic E-state index is 12.2. The first-order chi connectivity index (χ1) is 13.6. The molecule has 2 aromatic carbocycles. The van der Waals surface area contributed by atoms with Crippen LogP contribution in [-0.2, 0) is 9.53 Å². The monoisotopic (exact) mass is 385 g/mol. The van der Waals surface area contributed by atoms with E-state index < -0.39 is 12.1 Å². The summed E-state index contributed by atoms with van der Waals surface area (Å²) >= 11 is 0. The number of hydrogen-bond donors (Lipinski definition) is 0. The maximum atomic E-state index is 12.2. The molecule has 0 aliphatic carbocycles. The Labute approximate surface area is 166 Å². The Balaban J connectivity index is 1.64. The van der Waals surface area contributed by atoms with Crippen LogP contribution in [0.15, 0.2) is 42.5 Å². The van der Waals surface area contributed by atoms with E-state index in [2.05, 4.69) is 4.90 Å². The molecule has 1 aliphatic heterocycles. The molecule has 150 valence electrons. The van der Waals surface area contributed by atoms with Gasteiger partial charge in [0, 0.05) is 6.61 Å². The van der Waals surface area contributed by atoms with Crippen LogP contribution in [0.2, 0.25) is 0 Å². The summed E-state index contributed by atoms with van der Waals surface area (Å²) in [6.07, 6.45) is -0.623. The van der Waals surface area contributed by atoms with Gasteiger partial charge in [-0.1, -0.05) is 24.3 Å². The summed E-state index contributed by atoms with van der Waals surface area (Å²) in [5, 5.41) is 0. The molecule has 1 aliphatic rings. The van der Waals surface area contributed by atoms with Crippen LogP contribution in [0.5, 0.6) is 17.2 Å². The molecule has 3 rings (SSSR count). The zero-order chi connectivity index (χ0) is 19.9. The first kappa shape index (κ1) is 20.0. The summed E-state index contributed by atoms with van der Waals surface area (Å²) in [4.78, 5) is 14.5. The van der Waals surface area contributed by atoms with Gasteiger partial charge in [0.15, 0.2) is 17.6 Å². The van der Waals surface area contributed by atoms with E-state index in [4.69, 9.17) is 18.9 Å². The zero-order valence-electron chi connectivity index (χ0n) is 16.6. The molecular formula is C22H27NO5. The number of esters is 1. The average Bonchev–Trinajstić information content (AvgIpc) is 2.70. The Kier molecular flexibility index (Phi) is 6.76. The first-order valence-electron chi connectivity index (χ1n) is 9.62. The molecule has 0 saturated carbocycles. The normalized spacial score (nSPS) is 14.0. The van der Waals surface area contributed by atoms with Gasteiger partial charge in [-0.3, -0.25) is 0 Å². The van der Waals surface area contributed by atoms with Crippen LogP contribution in [0.3, 0.4) is 0 Å². The number of carbonyl (C=O) groups excluding carboxylic acids is 1. The van der Waals surface area contributed by atoms with Crippen molar-refractivity contribution in [2.45, 2.75) is 26.9 Å². The van der Waals surface area contributed by atoms with Gasteiger partial charge in [0.25, 0.3) is 0 Å². The van der Waals surface area contributed by atoms with E-state index in [0.717, 1.165) is 23.5 Å². The van der Waals surface area contributed by atoms with E-state index in [0.29, 0.717) is 37.9 Å². The Morgan fingerprint density at radius 3 is 2.86 bits per heavy atom. The van der Waals surface area contributed by atoms with Crippen LogP contribution in [0.25, 0.3) is 0 Å². The second kappa shape index (κ2) is 9.46. The molecule has 6 nitrogen and oxygen atoms in total. The fourth-order valence-corrected chi connectivity index (χ4v) is 3.10. The van der Waals surface area contributed by atoms with Crippen molar-refractivity contribution in [1.29, 1.82) is 0 Å². The number of para-hydroxylation sites is 3. The third kappa shape index (κ3) is 4.75. The molecule has 0 aromatic heterocycles. The number of hydrogen-bond acceptors (Lipinski definition) is 6. The van der Waals surface area contributed by atoms with Crippen molar-refractivity contribution < 1.29 is 23.7 Å². The Morgan fingerprint density at radius 2 is 2.04 bits per heavy atom. The average molecular weight is 385 g/mol. The van der Waals surface area contributed by atoms with Gasteiger partial charge in [-0.05, 0) is 44.5 Å². The maximum Gasteiger partial charge on any atom is 0.340 e. The van der Waals surface area contributed by atoms with Crippen LogP contribution >= 0.6 is 0 Å². The lowest BCUT2D eigenvalue weighted by molar-refractivity contribution is -0.146. The Morgan fingerprint density at radius 1 is 1.21 bits per heavy atom. The zero-order valence-corrected chi connectivity index (χ0v) is 16.6. The molecule has 0 bridgehead atoms. The molecule has 6 heteroatoms. The van der Waals surface area contributed by atoms with Gasteiger partial charge in [-0.2, -0.15) is 0 Å². The minimum absolute atomic E-state index is 0.428. The molecule has 0 radical (unpaired) electrons. The Hall–Kier alpha value is -2.73. The summed E-state index contributed by atoms with van der Waals surface area (Å²) < 4.78 is 22.5. The van der Waals surface area contributed by atoms with E-state index in [1.165, 1.54) is 0 Å². The summed E-state index contributed by atoms with van der Waals surface area (Å²) in [6.45, 7) is 8.49. The number of benzene rings is 2. The summed E-state index contributed by atoms with van der Waals surface area (Å²) in [6, 6.07) is 13.6. The topological polar surface area (TPSA) is 57.2 Å². The van der Waals surface area contributed by atoms with Crippen LogP contribution < -0.4 is 19.1 Å². The lowest BCUT2D eigenvalue weighted by Crippen LogP contribution is -2.35. The van der Waals surface area contributed by atoms with Crippen LogP contribution in [0, 0.1) is 6.92 Å². The SMILES string of the molecule is CCOC(C)C(=O)Oc1c(C)cccc1OCCN1CCOc2ccccc21. The first-order valence-corrected chi connectivity index (χ1v) is 9.62. The smallest absolute Gasteiger partial charge is 0.340 e. The fraction of sp³-hybridized carbons (Fsp3) is 0.409. The van der Waals surface area contributed by atoms with Crippen LogP contribution in [-0.4, -0.2) is 45.0 Å². The molecule has 0 N–H and O–H groups in total. The minimum atomic E-state index is -0.623. The van der Waals surface area contributed by atoms with Crippen molar-refractivity contribution in [2.75, 3.05) is 37.8 Å². The highest BCUT2D eigenvalue weighted by atomic mass is 16.6. The van der Waals surface area contributed by atoms with Crippen molar-refractivity contribution >= 4 is 11.7 Å². The summed E-state index contributed by atoms with van der Waals surface area (Å²) in [5.41, 5.74) is 1.91. The largest absolute Gasteiger partial charge is 0.490 e. The van der Waals surface area contributed by atoms with E-state index in [1.54, 1.807) is 6.92 Å². The van der Waals surface area contributed by atoms with Gasteiger partial charge in [-0.25, -0.2) is 4.79 Å². The molecule has 1 atom stereocenters. The van der Waals surface area contributed by atoms with E-state index >= 15 is 0 Å². The third-order valence-corrected chi connectivity index (χ3v) is 4.57. The highest BCUT2D eigenvalue weighted by Crippen LogP contribution is 2.33. The van der Waals surface area contributed by atoms with Gasteiger partial charge >= 0.3 is 5.97 Å². The highest BCUT2D eigenvalue weighted by Gasteiger charge is 2.20. The van der Waals surface area contributed by atoms with Crippen LogP contribution in [0.4, 0.5) is 5.69 Å². The summed E-state index contributed by atoms with van der Waals surface area (Å²) in [7, 11) is 0. The molecule has 2 aromatic rings. The number of aryl methyl sites for hydroxylation is 1. The minimum Gasteiger partial charge on any atom is -0.490 e. The fourth-order valence-electron chi connectivity index (χ4n) is 3.10. The van der Waals surface area contributed by atoms with Crippen molar-refractivity contribution in [3.63, 3.8) is 0 Å². The molecule has 0 fully saturated rings. The van der Waals surface area contributed by atoms with E-state index in [9.17, 15) is 4.79 Å². The number of nitrogens with zero attached hydrogens (tertiary/aromatic N) is 1. The summed E-state index contributed by atoms with van der Waals surface area (Å²) in [5.74, 6) is 1.46. The highest BCUT2D eigenvalue weighted by molar-refractivity contribution is 5.78. The number of rotatable bonds is 8. The molecule has 0 spiro atoms. The molecule has 1 heterocycles. The van der Waals surface area contributed by atoms with Crippen molar-refractivity contribution in [3.8, 4) is 17.2 Å². The number of anilines is 1. The number of carbonyl (C=O) groups is 1. The second-order valence-electron chi connectivity index (χ2n) is 6.57. The molecule has 0 saturated heterocycles. The number of fused-ring (bicyclic) bond motifs is 1. The van der Waals surface area contributed by atoms with Gasteiger partial charge in [-0.15, -0.1) is 0 Å². The molecule has 0 amide bonds. The second-order valence-corrected chi connectivity index (χ2v) is 6.57. The van der Waals surface area contributed by atoms with Gasteiger partial charge < -0.3 is 23.8 Å². The van der Waals surface area contributed by atoms with Crippen molar-refractivity contribution in [3.05, 3.63) is 48.0 Å². The van der Waals surface area contributed by atoms with Crippen molar-refractivity contribution in [2.24, 2.45) is 0 Å². The lowest BCUT2D eigenvalue weighted by Gasteiger charge is -2.31. The lowest BCUT2D eigenvalue weighted by atomic mass is 10.2. The van der Waals surface area contributed by atoms with Crippen molar-refractivity contribution in [1.82, 2.24) is 0 Å². The number of ether oxygens (including phenoxy) is 4. The van der Waals surface area contributed by atoms with E-state index in [1.807, 2.05) is 56.3 Å². The van der Waals surface area contributed by atoms with Gasteiger partial charge in [0.05, 0.1) is 18.8 Å². The standard InChI is InChI=1S/C22H27NO5/c1-4-25-17(3)22(24)28-21-16(2)8-7-11-20(21)27-15-13-23-12-14-26-19-10-6-5-9-18(19)23/h5-11,17H,4,12-15H2,1-3H3. The molecule has 28 heavy (non-hydrogen) atoms. The molecule has 1 unspecified atom stereocenters. The van der Waals surface area contributed by atoms with Gasteiger partial charge in [0.2, 0.25) is 0 Å². The van der Waals surface area contributed by atoms with Gasteiger partial charge in [0.1, 0.15) is 19.0 Å². The van der Waals surface area contributed by atoms with E-state index in [-0.39, 0.29) is 0 Å². The predicted molar refractivity (Wildman–Crippen MR) is 108 cm³/mol. The quantitative estimate of drug-likeness (QED) is 0.511. The van der Waals surface area contributed by atoms with Crippen LogP contribution in [0.1, 0.15) is 19.4 Å². The Bertz CT molecular complexity index is 807. The molecular weight excluding hydrogens is 358 g/mol. The predicted octanol–water partition coefficient (Wildman–Crippen LogP) is 3.60.